The normalized spacial score (nSPS) is 16.5. The first-order valence-corrected chi connectivity index (χ1v) is 12.7. The van der Waals surface area contributed by atoms with Gasteiger partial charge in [-0.3, -0.25) is 5.43 Å². The Balaban J connectivity index is 1.55. The van der Waals surface area contributed by atoms with Crippen molar-refractivity contribution in [2.45, 2.75) is 60.3 Å². The summed E-state index contributed by atoms with van der Waals surface area (Å²) in [5.74, 6) is 1.51. The maximum absolute atomic E-state index is 4.57. The van der Waals surface area contributed by atoms with Crippen LogP contribution >= 0.6 is 11.3 Å². The monoisotopic (exact) mass is 449 g/mol. The summed E-state index contributed by atoms with van der Waals surface area (Å²) < 4.78 is 0. The Morgan fingerprint density at radius 3 is 2.59 bits per heavy atom. The van der Waals surface area contributed by atoms with Crippen LogP contribution in [0.2, 0.25) is 0 Å². The zero-order chi connectivity index (χ0) is 22.7. The maximum Gasteiger partial charge on any atom is 0.158 e. The van der Waals surface area contributed by atoms with Crippen molar-refractivity contribution in [1.29, 1.82) is 0 Å². The van der Waals surface area contributed by atoms with Crippen molar-refractivity contribution in [2.24, 2.45) is 16.4 Å². The average molecular weight is 450 g/mol. The molecule has 5 nitrogen and oxygen atoms in total. The number of hydrogen-bond donors (Lipinski definition) is 1. The lowest BCUT2D eigenvalue weighted by atomic mass is 9.69. The summed E-state index contributed by atoms with van der Waals surface area (Å²) in [6.07, 6.45) is 8.23. The van der Waals surface area contributed by atoms with Crippen molar-refractivity contribution >= 4 is 39.3 Å². The Kier molecular flexibility index (Phi) is 6.79. The van der Waals surface area contributed by atoms with Gasteiger partial charge in [0.25, 0.3) is 0 Å². The van der Waals surface area contributed by atoms with Crippen molar-refractivity contribution in [2.75, 3.05) is 23.4 Å². The second-order valence-electron chi connectivity index (χ2n) is 9.32. The summed E-state index contributed by atoms with van der Waals surface area (Å²) in [4.78, 5) is 14.0. The number of thiophene rings is 1. The van der Waals surface area contributed by atoms with E-state index in [1.165, 1.54) is 29.0 Å². The highest BCUT2D eigenvalue weighted by molar-refractivity contribution is 7.19. The number of benzene rings is 1. The lowest BCUT2D eigenvalue weighted by Crippen LogP contribution is -2.28. The minimum Gasteiger partial charge on any atom is -0.372 e. The van der Waals surface area contributed by atoms with E-state index in [1.807, 2.05) is 17.6 Å². The van der Waals surface area contributed by atoms with E-state index in [-0.39, 0.29) is 0 Å². The summed E-state index contributed by atoms with van der Waals surface area (Å²) in [7, 11) is 0. The molecule has 3 aromatic rings. The number of aromatic nitrogens is 2. The molecule has 0 saturated heterocycles. The summed E-state index contributed by atoms with van der Waals surface area (Å²) >= 11 is 1.82. The van der Waals surface area contributed by atoms with Gasteiger partial charge in [-0.25, -0.2) is 9.97 Å². The van der Waals surface area contributed by atoms with Crippen molar-refractivity contribution in [3.8, 4) is 0 Å². The van der Waals surface area contributed by atoms with Gasteiger partial charge in [0.05, 0.1) is 11.6 Å². The molecule has 0 fully saturated rings. The van der Waals surface area contributed by atoms with E-state index >= 15 is 0 Å². The predicted octanol–water partition coefficient (Wildman–Crippen LogP) is 6.52. The second-order valence-corrected chi connectivity index (χ2v) is 10.4. The molecular weight excluding hydrogens is 414 g/mol. The van der Waals surface area contributed by atoms with Gasteiger partial charge in [-0.05, 0) is 67.7 Å². The minimum absolute atomic E-state index is 0.352. The van der Waals surface area contributed by atoms with Crippen LogP contribution in [0.15, 0.2) is 35.7 Å². The number of hydrogen-bond acceptors (Lipinski definition) is 6. The van der Waals surface area contributed by atoms with E-state index in [0.717, 1.165) is 47.5 Å². The van der Waals surface area contributed by atoms with Crippen molar-refractivity contribution in [3.05, 3.63) is 46.6 Å². The van der Waals surface area contributed by atoms with E-state index in [4.69, 9.17) is 0 Å². The molecule has 1 aliphatic rings. The zero-order valence-electron chi connectivity index (χ0n) is 20.0. The number of anilines is 2. The van der Waals surface area contributed by atoms with E-state index < -0.39 is 0 Å². The molecule has 6 heteroatoms. The molecule has 0 aliphatic heterocycles. The van der Waals surface area contributed by atoms with Gasteiger partial charge in [-0.2, -0.15) is 5.10 Å². The van der Waals surface area contributed by atoms with Gasteiger partial charge < -0.3 is 4.90 Å². The maximum atomic E-state index is 4.57. The van der Waals surface area contributed by atoms with E-state index in [0.29, 0.717) is 11.3 Å². The molecule has 2 aromatic heterocycles. The number of rotatable bonds is 8. The molecule has 0 unspecified atom stereocenters. The standard InChI is InChI=1S/C26H35N5S/c1-6-26(4,5)19-11-14-22-21(15-19)23-24(27-17-28-25(23)32-22)30-29-16-18-9-12-20(13-10-18)31(7-2)8-3/h9-10,12-13,16-17,19H,6-8,11,14-15H2,1-5H3,(H,27,28,30)/b29-16-/t19-/m0/s1. The Morgan fingerprint density at radius 1 is 1.16 bits per heavy atom. The third kappa shape index (κ3) is 4.51. The van der Waals surface area contributed by atoms with Gasteiger partial charge in [0.2, 0.25) is 0 Å². The molecule has 0 bridgehead atoms. The lowest BCUT2D eigenvalue weighted by molar-refractivity contribution is 0.184. The molecule has 0 amide bonds. The molecule has 1 aromatic carbocycles. The molecule has 1 N–H and O–H groups in total. The minimum atomic E-state index is 0.352. The number of nitrogens with one attached hydrogen (secondary N) is 1. The number of hydrazone groups is 1. The van der Waals surface area contributed by atoms with Crippen LogP contribution in [-0.4, -0.2) is 29.3 Å². The molecule has 1 aliphatic carbocycles. The van der Waals surface area contributed by atoms with Crippen LogP contribution in [0.5, 0.6) is 0 Å². The highest BCUT2D eigenvalue weighted by Gasteiger charge is 2.33. The van der Waals surface area contributed by atoms with Gasteiger partial charge in [0.1, 0.15) is 11.2 Å². The van der Waals surface area contributed by atoms with Crippen LogP contribution in [0.1, 0.15) is 63.5 Å². The van der Waals surface area contributed by atoms with E-state index in [2.05, 4.69) is 84.3 Å². The smallest absolute Gasteiger partial charge is 0.158 e. The van der Waals surface area contributed by atoms with Crippen LogP contribution in [-0.2, 0) is 12.8 Å². The van der Waals surface area contributed by atoms with E-state index in [1.54, 1.807) is 6.33 Å². The molecule has 0 spiro atoms. The summed E-state index contributed by atoms with van der Waals surface area (Å²) in [6, 6.07) is 8.53. The number of aryl methyl sites for hydroxylation is 1. The highest BCUT2D eigenvalue weighted by Crippen LogP contribution is 2.45. The van der Waals surface area contributed by atoms with Crippen molar-refractivity contribution in [3.63, 3.8) is 0 Å². The van der Waals surface area contributed by atoms with Crippen molar-refractivity contribution in [1.82, 2.24) is 9.97 Å². The molecular formula is C26H35N5S. The predicted molar refractivity (Wildman–Crippen MR) is 138 cm³/mol. The molecule has 0 saturated carbocycles. The molecule has 2 heterocycles. The second kappa shape index (κ2) is 9.57. The number of fused-ring (bicyclic) bond motifs is 3. The van der Waals surface area contributed by atoms with Crippen LogP contribution in [0.25, 0.3) is 10.2 Å². The average Bonchev–Trinajstić information content (AvgIpc) is 3.19. The first-order valence-electron chi connectivity index (χ1n) is 11.9. The fourth-order valence-corrected chi connectivity index (χ4v) is 5.86. The van der Waals surface area contributed by atoms with Crippen LogP contribution in [0.4, 0.5) is 11.5 Å². The number of nitrogens with zero attached hydrogens (tertiary/aromatic N) is 4. The molecule has 0 radical (unpaired) electrons. The zero-order valence-corrected chi connectivity index (χ0v) is 20.8. The first-order chi connectivity index (χ1) is 15.5. The Hall–Kier alpha value is -2.47. The van der Waals surface area contributed by atoms with E-state index in [9.17, 15) is 0 Å². The first kappa shape index (κ1) is 22.7. The molecule has 32 heavy (non-hydrogen) atoms. The fraction of sp³-hybridized carbons (Fsp3) is 0.500. The largest absolute Gasteiger partial charge is 0.372 e. The highest BCUT2D eigenvalue weighted by atomic mass is 32.1. The van der Waals surface area contributed by atoms with Gasteiger partial charge in [-0.1, -0.05) is 39.3 Å². The van der Waals surface area contributed by atoms with Gasteiger partial charge in [0, 0.05) is 23.7 Å². The summed E-state index contributed by atoms with van der Waals surface area (Å²) in [6.45, 7) is 13.5. The topological polar surface area (TPSA) is 53.4 Å². The summed E-state index contributed by atoms with van der Waals surface area (Å²) in [5, 5.41) is 5.68. The third-order valence-electron chi connectivity index (χ3n) is 7.26. The SMILES string of the molecule is CCN(CC)c1ccc(/C=N\Nc2ncnc3sc4c(c23)C[C@@H](C(C)(C)CC)CC4)cc1. The lowest BCUT2D eigenvalue weighted by Gasteiger charge is -2.36. The molecule has 4 rings (SSSR count). The van der Waals surface area contributed by atoms with Crippen LogP contribution in [0.3, 0.4) is 0 Å². The van der Waals surface area contributed by atoms with Gasteiger partial charge in [0.15, 0.2) is 5.82 Å². The van der Waals surface area contributed by atoms with Gasteiger partial charge in [-0.15, -0.1) is 11.3 Å². The summed E-state index contributed by atoms with van der Waals surface area (Å²) in [5.41, 5.74) is 7.31. The third-order valence-corrected chi connectivity index (χ3v) is 8.46. The van der Waals surface area contributed by atoms with Crippen LogP contribution in [0, 0.1) is 11.3 Å². The Labute approximate surface area is 196 Å². The quantitative estimate of drug-likeness (QED) is 0.314. The Bertz CT molecular complexity index is 1080. The van der Waals surface area contributed by atoms with Crippen LogP contribution < -0.4 is 10.3 Å². The van der Waals surface area contributed by atoms with Crippen molar-refractivity contribution < 1.29 is 0 Å². The fourth-order valence-electron chi connectivity index (χ4n) is 4.68. The molecule has 170 valence electrons. The van der Waals surface area contributed by atoms with Gasteiger partial charge >= 0.3 is 0 Å². The molecule has 1 atom stereocenters. The Morgan fingerprint density at radius 2 is 1.91 bits per heavy atom.